The van der Waals surface area contributed by atoms with Gasteiger partial charge in [0.05, 0.1) is 11.3 Å². The van der Waals surface area contributed by atoms with Gasteiger partial charge in [-0.15, -0.1) is 0 Å². The Labute approximate surface area is 107 Å². The monoisotopic (exact) mass is 271 g/mol. The van der Waals surface area contributed by atoms with Crippen LogP contribution in [0.5, 0.6) is 0 Å². The number of nitrogens with zero attached hydrogens (tertiary/aromatic N) is 1. The van der Waals surface area contributed by atoms with E-state index in [4.69, 9.17) is 4.42 Å². The first-order chi connectivity index (χ1) is 8.73. The van der Waals surface area contributed by atoms with Gasteiger partial charge in [0.15, 0.2) is 12.2 Å². The smallest absolute Gasteiger partial charge is 0.416 e. The summed E-state index contributed by atoms with van der Waals surface area (Å²) in [5, 5.41) is 10.4. The molecule has 0 radical (unpaired) electrons. The summed E-state index contributed by atoms with van der Waals surface area (Å²) < 4.78 is 42.5. The normalized spacial score (nSPS) is 15.3. The van der Waals surface area contributed by atoms with E-state index in [-0.39, 0.29) is 5.76 Å². The summed E-state index contributed by atoms with van der Waals surface area (Å²) >= 11 is 0. The van der Waals surface area contributed by atoms with Gasteiger partial charge < -0.3 is 9.52 Å². The van der Waals surface area contributed by atoms with Gasteiger partial charge in [0, 0.05) is 0 Å². The quantitative estimate of drug-likeness (QED) is 0.911. The van der Waals surface area contributed by atoms with Crippen LogP contribution >= 0.6 is 0 Å². The Balaban J connectivity index is 2.40. The van der Waals surface area contributed by atoms with E-state index in [0.717, 1.165) is 12.1 Å². The largest absolute Gasteiger partial charge is 0.445 e. The van der Waals surface area contributed by atoms with Crippen LogP contribution in [0.1, 0.15) is 29.5 Å². The van der Waals surface area contributed by atoms with Crippen molar-refractivity contribution in [2.75, 3.05) is 0 Å². The Morgan fingerprint density at radius 2 is 1.63 bits per heavy atom. The molecule has 6 heteroatoms. The van der Waals surface area contributed by atoms with Crippen LogP contribution in [0.2, 0.25) is 0 Å². The highest BCUT2D eigenvalue weighted by atomic mass is 19.4. The SMILES string of the molecule is Cc1ncoc1C(C)(O)c1ccc(C(F)(F)F)cc1. The van der Waals surface area contributed by atoms with E-state index < -0.39 is 17.3 Å². The number of aromatic nitrogens is 1. The molecule has 0 aliphatic carbocycles. The molecule has 19 heavy (non-hydrogen) atoms. The average Bonchev–Trinajstić information content (AvgIpc) is 2.75. The zero-order valence-electron chi connectivity index (χ0n) is 10.3. The molecule has 0 spiro atoms. The third kappa shape index (κ3) is 2.49. The molecule has 2 rings (SSSR count). The van der Waals surface area contributed by atoms with Gasteiger partial charge in [-0.3, -0.25) is 0 Å². The maximum absolute atomic E-state index is 12.5. The molecule has 1 atom stereocenters. The minimum Gasteiger partial charge on any atom is -0.445 e. The van der Waals surface area contributed by atoms with Crippen LogP contribution in [0.3, 0.4) is 0 Å². The summed E-state index contributed by atoms with van der Waals surface area (Å²) in [4.78, 5) is 3.86. The molecule has 1 heterocycles. The molecule has 3 nitrogen and oxygen atoms in total. The van der Waals surface area contributed by atoms with E-state index in [9.17, 15) is 18.3 Å². The fourth-order valence-corrected chi connectivity index (χ4v) is 1.88. The number of hydrogen-bond acceptors (Lipinski definition) is 3. The van der Waals surface area contributed by atoms with Crippen LogP contribution in [-0.4, -0.2) is 10.1 Å². The first-order valence-electron chi connectivity index (χ1n) is 5.53. The van der Waals surface area contributed by atoms with Crippen molar-refractivity contribution < 1.29 is 22.7 Å². The second kappa shape index (κ2) is 4.38. The molecular formula is C13H12F3NO2. The lowest BCUT2D eigenvalue weighted by Gasteiger charge is -2.22. The third-order valence-electron chi connectivity index (χ3n) is 2.96. The summed E-state index contributed by atoms with van der Waals surface area (Å²) in [6.45, 7) is 3.10. The molecule has 1 unspecified atom stereocenters. The summed E-state index contributed by atoms with van der Waals surface area (Å²) in [6, 6.07) is 4.31. The van der Waals surface area contributed by atoms with Crippen molar-refractivity contribution in [1.29, 1.82) is 0 Å². The number of alkyl halides is 3. The first kappa shape index (κ1) is 13.6. The van der Waals surface area contributed by atoms with E-state index in [1.165, 1.54) is 25.5 Å². The topological polar surface area (TPSA) is 46.3 Å². The third-order valence-corrected chi connectivity index (χ3v) is 2.96. The maximum Gasteiger partial charge on any atom is 0.416 e. The van der Waals surface area contributed by atoms with Crippen LogP contribution < -0.4 is 0 Å². The van der Waals surface area contributed by atoms with Crippen molar-refractivity contribution in [2.24, 2.45) is 0 Å². The number of benzene rings is 1. The molecule has 0 amide bonds. The van der Waals surface area contributed by atoms with Gasteiger partial charge in [-0.25, -0.2) is 4.98 Å². The van der Waals surface area contributed by atoms with E-state index in [0.29, 0.717) is 11.3 Å². The van der Waals surface area contributed by atoms with E-state index in [1.807, 2.05) is 0 Å². The lowest BCUT2D eigenvalue weighted by molar-refractivity contribution is -0.137. The Bertz CT molecular complexity index is 570. The highest BCUT2D eigenvalue weighted by Crippen LogP contribution is 2.34. The van der Waals surface area contributed by atoms with Crippen molar-refractivity contribution in [2.45, 2.75) is 25.6 Å². The van der Waals surface area contributed by atoms with Crippen molar-refractivity contribution in [3.8, 4) is 0 Å². The van der Waals surface area contributed by atoms with Gasteiger partial charge in [-0.05, 0) is 31.5 Å². The maximum atomic E-state index is 12.5. The number of halogens is 3. The molecular weight excluding hydrogens is 259 g/mol. The molecule has 102 valence electrons. The Hall–Kier alpha value is -1.82. The Kier molecular flexibility index (Phi) is 3.14. The fraction of sp³-hybridized carbons (Fsp3) is 0.308. The number of hydrogen-bond donors (Lipinski definition) is 1. The predicted molar refractivity (Wildman–Crippen MR) is 61.4 cm³/mol. The van der Waals surface area contributed by atoms with Crippen LogP contribution in [0.15, 0.2) is 35.1 Å². The fourth-order valence-electron chi connectivity index (χ4n) is 1.88. The van der Waals surface area contributed by atoms with Gasteiger partial charge >= 0.3 is 6.18 Å². The lowest BCUT2D eigenvalue weighted by atomic mass is 9.91. The molecule has 0 aliphatic heterocycles. The highest BCUT2D eigenvalue weighted by molar-refractivity contribution is 5.34. The Morgan fingerprint density at radius 3 is 2.05 bits per heavy atom. The van der Waals surface area contributed by atoms with Crippen LogP contribution in [0, 0.1) is 6.92 Å². The number of rotatable bonds is 2. The van der Waals surface area contributed by atoms with Crippen molar-refractivity contribution in [3.63, 3.8) is 0 Å². The van der Waals surface area contributed by atoms with Crippen LogP contribution in [-0.2, 0) is 11.8 Å². The van der Waals surface area contributed by atoms with Gasteiger partial charge in [-0.2, -0.15) is 13.2 Å². The van der Waals surface area contributed by atoms with Crippen molar-refractivity contribution in [1.82, 2.24) is 4.98 Å². The number of oxazole rings is 1. The zero-order chi connectivity index (χ0) is 14.3. The van der Waals surface area contributed by atoms with Gasteiger partial charge in [0.1, 0.15) is 5.60 Å². The minimum atomic E-state index is -4.40. The highest BCUT2D eigenvalue weighted by Gasteiger charge is 2.34. The predicted octanol–water partition coefficient (Wildman–Crippen LogP) is 3.26. The van der Waals surface area contributed by atoms with Gasteiger partial charge in [0.25, 0.3) is 0 Å². The van der Waals surface area contributed by atoms with E-state index in [2.05, 4.69) is 4.98 Å². The van der Waals surface area contributed by atoms with E-state index in [1.54, 1.807) is 6.92 Å². The Morgan fingerprint density at radius 1 is 1.11 bits per heavy atom. The molecule has 0 bridgehead atoms. The van der Waals surface area contributed by atoms with E-state index >= 15 is 0 Å². The molecule has 1 aromatic heterocycles. The molecule has 0 saturated carbocycles. The number of aliphatic hydroxyl groups is 1. The second-order valence-corrected chi connectivity index (χ2v) is 4.41. The van der Waals surface area contributed by atoms with Crippen LogP contribution in [0.25, 0.3) is 0 Å². The minimum absolute atomic E-state index is 0.215. The first-order valence-corrected chi connectivity index (χ1v) is 5.53. The van der Waals surface area contributed by atoms with Crippen LogP contribution in [0.4, 0.5) is 13.2 Å². The molecule has 0 fully saturated rings. The van der Waals surface area contributed by atoms with Crippen molar-refractivity contribution in [3.05, 3.63) is 53.2 Å². The number of aryl methyl sites for hydroxylation is 1. The molecule has 1 N–H and O–H groups in total. The molecule has 2 aromatic rings. The summed E-state index contributed by atoms with van der Waals surface area (Å²) in [5.74, 6) is 0.215. The standard InChI is InChI=1S/C13H12F3NO2/c1-8-11(19-7-17-8)12(2,18)9-3-5-10(6-4-9)13(14,15)16/h3-7,18H,1-2H3. The molecule has 0 aliphatic rings. The summed E-state index contributed by atoms with van der Waals surface area (Å²) in [7, 11) is 0. The zero-order valence-corrected chi connectivity index (χ0v) is 10.3. The second-order valence-electron chi connectivity index (χ2n) is 4.41. The summed E-state index contributed by atoms with van der Waals surface area (Å²) in [6.07, 6.45) is -3.21. The van der Waals surface area contributed by atoms with Gasteiger partial charge in [-0.1, -0.05) is 12.1 Å². The molecule has 0 saturated heterocycles. The van der Waals surface area contributed by atoms with Crippen molar-refractivity contribution >= 4 is 0 Å². The lowest BCUT2D eigenvalue weighted by Crippen LogP contribution is -2.23. The van der Waals surface area contributed by atoms with Gasteiger partial charge in [0.2, 0.25) is 0 Å². The molecule has 1 aromatic carbocycles. The summed E-state index contributed by atoms with van der Waals surface area (Å²) in [5.41, 5.74) is -1.49. The average molecular weight is 271 g/mol.